The van der Waals surface area contributed by atoms with Crippen LogP contribution in [0.4, 0.5) is 0 Å². The molecular weight excluding hydrogens is 697 g/mol. The van der Waals surface area contributed by atoms with E-state index in [1.165, 1.54) is 131 Å². The van der Waals surface area contributed by atoms with Crippen molar-refractivity contribution < 1.29 is 0 Å². The molecule has 0 bridgehead atoms. The molecule has 0 spiro atoms. The van der Waals surface area contributed by atoms with Crippen LogP contribution < -0.4 is 0 Å². The zero-order valence-electron chi connectivity index (χ0n) is 35.0. The van der Waals surface area contributed by atoms with Crippen molar-refractivity contribution >= 4 is 86.2 Å². The highest BCUT2D eigenvalue weighted by atomic mass is 14.2. The van der Waals surface area contributed by atoms with Crippen molar-refractivity contribution in [1.29, 1.82) is 0 Å². The van der Waals surface area contributed by atoms with Crippen molar-refractivity contribution in [2.24, 2.45) is 0 Å². The van der Waals surface area contributed by atoms with Gasteiger partial charge in [-0.2, -0.15) is 0 Å². The van der Waals surface area contributed by atoms with Gasteiger partial charge in [0.25, 0.3) is 0 Å². The Kier molecular flexibility index (Phi) is 7.74. The normalized spacial score (nSPS) is 12.8. The van der Waals surface area contributed by atoms with Crippen LogP contribution in [-0.4, -0.2) is 0 Å². The van der Waals surface area contributed by atoms with E-state index in [2.05, 4.69) is 189 Å². The molecule has 0 heterocycles. The van der Waals surface area contributed by atoms with Gasteiger partial charge in [0.2, 0.25) is 0 Å². The topological polar surface area (TPSA) is 0 Å². The average molecular weight is 747 g/mol. The number of fused-ring (bicyclic) bond motifs is 11. The highest BCUT2D eigenvalue weighted by Gasteiger charge is 2.22. The summed E-state index contributed by atoms with van der Waals surface area (Å²) < 4.78 is 0. The predicted octanol–water partition coefficient (Wildman–Crippen LogP) is 17.6. The van der Waals surface area contributed by atoms with Crippen LogP contribution in [0.25, 0.3) is 108 Å². The second-order valence-corrected chi connectivity index (χ2v) is 18.5. The van der Waals surface area contributed by atoms with Crippen molar-refractivity contribution in [3.63, 3.8) is 0 Å². The Morgan fingerprint density at radius 2 is 0.466 bits per heavy atom. The van der Waals surface area contributed by atoms with Crippen LogP contribution in [0.3, 0.4) is 0 Å². The van der Waals surface area contributed by atoms with Crippen LogP contribution in [-0.2, 0) is 0 Å². The maximum atomic E-state index is 2.53. The Morgan fingerprint density at radius 1 is 0.207 bits per heavy atom. The summed E-state index contributed by atoms with van der Waals surface area (Å²) >= 11 is 0. The molecule has 0 atom stereocenters. The molecule has 0 aliphatic heterocycles. The van der Waals surface area contributed by atoms with Gasteiger partial charge in [-0.05, 0) is 179 Å². The summed E-state index contributed by atoms with van der Waals surface area (Å²) in [4.78, 5) is 0. The van der Waals surface area contributed by atoms with Gasteiger partial charge in [-0.1, -0.05) is 165 Å². The van der Waals surface area contributed by atoms with E-state index < -0.39 is 0 Å². The van der Waals surface area contributed by atoms with Gasteiger partial charge < -0.3 is 0 Å². The molecule has 0 aromatic heterocycles. The summed E-state index contributed by atoms with van der Waals surface area (Å²) in [7, 11) is 0. The molecule has 11 rings (SSSR count). The lowest BCUT2D eigenvalue weighted by molar-refractivity contribution is 0.867. The monoisotopic (exact) mass is 746 g/mol. The molecule has 0 saturated carbocycles. The van der Waals surface area contributed by atoms with Crippen molar-refractivity contribution in [2.45, 2.75) is 79.1 Å². The molecule has 11 aromatic rings. The van der Waals surface area contributed by atoms with Crippen LogP contribution in [0.15, 0.2) is 133 Å². The third kappa shape index (κ3) is 5.13. The van der Waals surface area contributed by atoms with Gasteiger partial charge >= 0.3 is 0 Å². The minimum absolute atomic E-state index is 0.419. The second kappa shape index (κ2) is 12.8. The Morgan fingerprint density at radius 3 is 0.793 bits per heavy atom. The van der Waals surface area contributed by atoms with E-state index >= 15 is 0 Å². The van der Waals surface area contributed by atoms with Gasteiger partial charge in [0.15, 0.2) is 0 Å². The van der Waals surface area contributed by atoms with E-state index in [9.17, 15) is 0 Å². The second-order valence-electron chi connectivity index (χ2n) is 18.5. The van der Waals surface area contributed by atoms with E-state index in [1.807, 2.05) is 0 Å². The van der Waals surface area contributed by atoms with E-state index in [0.717, 1.165) is 0 Å². The van der Waals surface area contributed by atoms with Gasteiger partial charge in [-0.15, -0.1) is 0 Å². The highest BCUT2D eigenvalue weighted by Crippen LogP contribution is 2.49. The molecule has 0 saturated heterocycles. The minimum atomic E-state index is 0.419. The van der Waals surface area contributed by atoms with Gasteiger partial charge in [0.05, 0.1) is 0 Å². The molecule has 0 nitrogen and oxygen atoms in total. The number of rotatable bonds is 6. The molecule has 0 N–H and O–H groups in total. The molecule has 0 unspecified atom stereocenters. The molecule has 0 radical (unpaired) electrons. The largest absolute Gasteiger partial charge is 0.0587 e. The molecule has 0 aliphatic rings. The molecule has 0 amide bonds. The molecule has 0 aliphatic carbocycles. The summed E-state index contributed by atoms with van der Waals surface area (Å²) in [6, 6.07) is 52.6. The smallest absolute Gasteiger partial charge is 0.00197 e. The Balaban J connectivity index is 1.21. The third-order valence-electron chi connectivity index (χ3n) is 13.7. The van der Waals surface area contributed by atoms with Gasteiger partial charge in [0.1, 0.15) is 0 Å². The van der Waals surface area contributed by atoms with Crippen LogP contribution in [0, 0.1) is 0 Å². The first-order valence-electron chi connectivity index (χ1n) is 21.5. The highest BCUT2D eigenvalue weighted by molar-refractivity contribution is 6.40. The van der Waals surface area contributed by atoms with Crippen LogP contribution in [0.5, 0.6) is 0 Å². The maximum absolute atomic E-state index is 2.53. The Hall–Kier alpha value is -5.98. The minimum Gasteiger partial charge on any atom is -0.0587 e. The van der Waals surface area contributed by atoms with Crippen LogP contribution in [0.1, 0.15) is 101 Å². The van der Waals surface area contributed by atoms with E-state index in [-0.39, 0.29) is 0 Å². The fourth-order valence-electron chi connectivity index (χ4n) is 10.2. The maximum Gasteiger partial charge on any atom is -0.00197 e. The van der Waals surface area contributed by atoms with Crippen molar-refractivity contribution in [2.75, 3.05) is 0 Å². The zero-order chi connectivity index (χ0) is 39.7. The summed E-state index contributed by atoms with van der Waals surface area (Å²) in [6.45, 7) is 18.4. The summed E-state index contributed by atoms with van der Waals surface area (Å²) in [5, 5.41) is 21.8. The van der Waals surface area contributed by atoms with Crippen molar-refractivity contribution in [3.05, 3.63) is 156 Å². The van der Waals surface area contributed by atoms with E-state index in [1.54, 1.807) is 0 Å². The van der Waals surface area contributed by atoms with Crippen molar-refractivity contribution in [3.8, 4) is 22.3 Å². The third-order valence-corrected chi connectivity index (χ3v) is 13.7. The first-order chi connectivity index (χ1) is 28.0. The zero-order valence-corrected chi connectivity index (χ0v) is 35.0. The Bertz CT molecular complexity index is 3180. The number of hydrogen-bond donors (Lipinski definition) is 0. The lowest BCUT2D eigenvalue weighted by Gasteiger charge is -2.15. The first kappa shape index (κ1) is 35.2. The summed E-state index contributed by atoms with van der Waals surface area (Å²) in [5.74, 6) is 1.88. The lowest BCUT2D eigenvalue weighted by Crippen LogP contribution is -1.90. The van der Waals surface area contributed by atoms with Gasteiger partial charge in [-0.25, -0.2) is 0 Å². The average Bonchev–Trinajstić information content (AvgIpc) is 3.72. The molecular formula is C58H50. The molecule has 11 aromatic carbocycles. The fourth-order valence-corrected chi connectivity index (χ4v) is 10.2. The van der Waals surface area contributed by atoms with E-state index in [0.29, 0.717) is 23.7 Å². The first-order valence-corrected chi connectivity index (χ1v) is 21.5. The number of benzene rings is 9. The predicted molar refractivity (Wildman–Crippen MR) is 256 cm³/mol. The fraction of sp³-hybridized carbons (Fsp3) is 0.207. The molecule has 0 fully saturated rings. The standard InChI is InChI=1S/C58H50/c1-31(2)35-9-13-37(14-10-35)39-17-19-43-47(23-39)53-27-41(33(5)6)25-51-45-21-22-46-50(49(45)29-55(43)57(51)53)30-56-44-20-18-40(38-15-11-36(12-16-38)32(3)4)24-48(44)54-28-42(34(7)8)26-52(46)58(54)56/h9-34H,1-8H3. The molecule has 282 valence electrons. The van der Waals surface area contributed by atoms with Crippen LogP contribution in [0.2, 0.25) is 0 Å². The number of hydrogen-bond acceptors (Lipinski definition) is 0. The van der Waals surface area contributed by atoms with Gasteiger partial charge in [0, 0.05) is 0 Å². The van der Waals surface area contributed by atoms with Gasteiger partial charge in [-0.3, -0.25) is 0 Å². The van der Waals surface area contributed by atoms with Crippen molar-refractivity contribution in [1.82, 2.24) is 0 Å². The van der Waals surface area contributed by atoms with E-state index in [4.69, 9.17) is 0 Å². The SMILES string of the molecule is CC(C)c1ccc(-c2ccc3c(c2)c2cc(C(C)C)cc4c5ccc6c(cc7c8ccc(-c9ccc(C(C)C)cc9)cc8c8cc(C(C)C)cc6c87)c5cc3c42)cc1. The quantitative estimate of drug-likeness (QED) is 0.149. The summed E-state index contributed by atoms with van der Waals surface area (Å²) in [6.07, 6.45) is 0. The van der Waals surface area contributed by atoms with Crippen LogP contribution >= 0.6 is 0 Å². The summed E-state index contributed by atoms with van der Waals surface area (Å²) in [5.41, 5.74) is 10.7. The molecule has 0 heteroatoms. The lowest BCUT2D eigenvalue weighted by atomic mass is 9.89. The Labute approximate surface area is 341 Å². The molecule has 58 heavy (non-hydrogen) atoms.